The summed E-state index contributed by atoms with van der Waals surface area (Å²) in [6, 6.07) is 3.16. The lowest BCUT2D eigenvalue weighted by molar-refractivity contribution is 0.0992. The lowest BCUT2D eigenvalue weighted by Gasteiger charge is -2.00. The van der Waals surface area contributed by atoms with Crippen LogP contribution in [0.4, 0.5) is 8.78 Å². The molecule has 0 fully saturated rings. The maximum absolute atomic E-state index is 13.0. The standard InChI is InChI=1S/C13H12F2N2O/c1-2-17-8-9(7-16-17)5-13(18)10-3-4-11(14)12(15)6-10/h3-4,6-8H,2,5H2,1H3. The van der Waals surface area contributed by atoms with E-state index < -0.39 is 11.6 Å². The van der Waals surface area contributed by atoms with Gasteiger partial charge in [-0.05, 0) is 30.7 Å². The zero-order chi connectivity index (χ0) is 13.1. The minimum atomic E-state index is -1.01. The van der Waals surface area contributed by atoms with Crippen LogP contribution in [0.2, 0.25) is 0 Å². The monoisotopic (exact) mass is 250 g/mol. The van der Waals surface area contributed by atoms with Gasteiger partial charge in [-0.15, -0.1) is 0 Å². The molecule has 1 aromatic carbocycles. The highest BCUT2D eigenvalue weighted by molar-refractivity contribution is 5.97. The molecule has 94 valence electrons. The number of hydrogen-bond acceptors (Lipinski definition) is 2. The van der Waals surface area contributed by atoms with Crippen molar-refractivity contribution in [3.63, 3.8) is 0 Å². The van der Waals surface area contributed by atoms with Crippen LogP contribution in [0.15, 0.2) is 30.6 Å². The van der Waals surface area contributed by atoms with Crippen LogP contribution in [-0.2, 0) is 13.0 Å². The van der Waals surface area contributed by atoms with E-state index in [1.807, 2.05) is 6.92 Å². The normalized spacial score (nSPS) is 10.6. The molecule has 0 unspecified atom stereocenters. The van der Waals surface area contributed by atoms with Gasteiger partial charge < -0.3 is 0 Å². The van der Waals surface area contributed by atoms with Gasteiger partial charge in [0.05, 0.1) is 6.20 Å². The molecule has 1 heterocycles. The molecule has 2 rings (SSSR count). The van der Waals surface area contributed by atoms with Crippen molar-refractivity contribution in [3.05, 3.63) is 53.4 Å². The number of aryl methyl sites for hydroxylation is 1. The van der Waals surface area contributed by atoms with Crippen molar-refractivity contribution in [1.29, 1.82) is 0 Å². The van der Waals surface area contributed by atoms with Crippen LogP contribution >= 0.6 is 0 Å². The Morgan fingerprint density at radius 2 is 2.11 bits per heavy atom. The van der Waals surface area contributed by atoms with E-state index in [4.69, 9.17) is 0 Å². The van der Waals surface area contributed by atoms with Crippen LogP contribution in [-0.4, -0.2) is 15.6 Å². The lowest BCUT2D eigenvalue weighted by atomic mass is 10.1. The first-order valence-electron chi connectivity index (χ1n) is 5.59. The van der Waals surface area contributed by atoms with Crippen LogP contribution in [0.3, 0.4) is 0 Å². The first-order chi connectivity index (χ1) is 8.60. The number of aromatic nitrogens is 2. The highest BCUT2D eigenvalue weighted by Crippen LogP contribution is 2.11. The summed E-state index contributed by atoms with van der Waals surface area (Å²) in [4.78, 5) is 11.8. The van der Waals surface area contributed by atoms with Crippen LogP contribution in [0, 0.1) is 11.6 Å². The van der Waals surface area contributed by atoms with E-state index in [-0.39, 0.29) is 17.8 Å². The topological polar surface area (TPSA) is 34.9 Å². The van der Waals surface area contributed by atoms with Gasteiger partial charge in [0.1, 0.15) is 0 Å². The molecule has 2 aromatic rings. The average molecular weight is 250 g/mol. The van der Waals surface area contributed by atoms with E-state index in [9.17, 15) is 13.6 Å². The summed E-state index contributed by atoms with van der Waals surface area (Å²) in [6.45, 7) is 2.66. The van der Waals surface area contributed by atoms with Crippen molar-refractivity contribution in [2.45, 2.75) is 19.9 Å². The smallest absolute Gasteiger partial charge is 0.167 e. The largest absolute Gasteiger partial charge is 0.294 e. The average Bonchev–Trinajstić information content (AvgIpc) is 2.80. The third-order valence-corrected chi connectivity index (χ3v) is 2.62. The molecule has 0 radical (unpaired) electrons. The summed E-state index contributed by atoms with van der Waals surface area (Å²) >= 11 is 0. The molecule has 1 aromatic heterocycles. The van der Waals surface area contributed by atoms with E-state index in [0.29, 0.717) is 0 Å². The third-order valence-electron chi connectivity index (χ3n) is 2.62. The lowest BCUT2D eigenvalue weighted by Crippen LogP contribution is -2.04. The molecular formula is C13H12F2N2O. The highest BCUT2D eigenvalue weighted by atomic mass is 19.2. The minimum Gasteiger partial charge on any atom is -0.294 e. The fraction of sp³-hybridized carbons (Fsp3) is 0.231. The van der Waals surface area contributed by atoms with Gasteiger partial charge in [0, 0.05) is 24.7 Å². The SMILES string of the molecule is CCn1cc(CC(=O)c2ccc(F)c(F)c2)cn1. The molecule has 0 bridgehead atoms. The molecule has 0 aliphatic carbocycles. The molecule has 0 N–H and O–H groups in total. The van der Waals surface area contributed by atoms with Crippen LogP contribution in [0.25, 0.3) is 0 Å². The van der Waals surface area contributed by atoms with Gasteiger partial charge in [-0.2, -0.15) is 5.10 Å². The zero-order valence-electron chi connectivity index (χ0n) is 9.86. The molecule has 0 spiro atoms. The molecule has 0 atom stereocenters. The predicted molar refractivity (Wildman–Crippen MR) is 62.3 cm³/mol. The summed E-state index contributed by atoms with van der Waals surface area (Å²) in [6.07, 6.45) is 3.49. The number of nitrogens with zero attached hydrogens (tertiary/aromatic N) is 2. The summed E-state index contributed by atoms with van der Waals surface area (Å²) < 4.78 is 27.4. The number of benzene rings is 1. The minimum absolute atomic E-state index is 0.130. The Morgan fingerprint density at radius 3 is 2.72 bits per heavy atom. The van der Waals surface area contributed by atoms with Crippen molar-refractivity contribution in [2.75, 3.05) is 0 Å². The van der Waals surface area contributed by atoms with Crippen molar-refractivity contribution in [1.82, 2.24) is 9.78 Å². The number of ketones is 1. The summed E-state index contributed by atoms with van der Waals surface area (Å²) in [5.41, 5.74) is 0.921. The summed E-state index contributed by atoms with van der Waals surface area (Å²) in [5, 5.41) is 4.04. The van der Waals surface area contributed by atoms with Gasteiger partial charge in [0.15, 0.2) is 17.4 Å². The number of carbonyl (C=O) groups excluding carboxylic acids is 1. The molecule has 0 saturated carbocycles. The number of carbonyl (C=O) groups is 1. The van der Waals surface area contributed by atoms with Crippen LogP contribution in [0.5, 0.6) is 0 Å². The summed E-state index contributed by atoms with van der Waals surface area (Å²) in [7, 11) is 0. The maximum atomic E-state index is 13.0. The molecule has 0 aliphatic heterocycles. The molecule has 0 aliphatic rings. The van der Waals surface area contributed by atoms with E-state index >= 15 is 0 Å². The third kappa shape index (κ3) is 2.61. The molecule has 18 heavy (non-hydrogen) atoms. The highest BCUT2D eigenvalue weighted by Gasteiger charge is 2.11. The van der Waals surface area contributed by atoms with E-state index in [0.717, 1.165) is 24.2 Å². The fourth-order valence-electron chi connectivity index (χ4n) is 1.63. The molecule has 5 heteroatoms. The van der Waals surface area contributed by atoms with Gasteiger partial charge in [-0.1, -0.05) is 0 Å². The first-order valence-corrected chi connectivity index (χ1v) is 5.59. The molecule has 0 amide bonds. The van der Waals surface area contributed by atoms with E-state index in [2.05, 4.69) is 5.10 Å². The van der Waals surface area contributed by atoms with E-state index in [1.165, 1.54) is 6.07 Å². The van der Waals surface area contributed by atoms with Crippen LogP contribution in [0.1, 0.15) is 22.8 Å². The zero-order valence-corrected chi connectivity index (χ0v) is 9.86. The Morgan fingerprint density at radius 1 is 1.33 bits per heavy atom. The molecule has 0 saturated heterocycles. The van der Waals surface area contributed by atoms with Gasteiger partial charge in [-0.3, -0.25) is 9.48 Å². The fourth-order valence-corrected chi connectivity index (χ4v) is 1.63. The number of hydrogen-bond donors (Lipinski definition) is 0. The molecule has 3 nitrogen and oxygen atoms in total. The summed E-state index contributed by atoms with van der Waals surface area (Å²) in [5.74, 6) is -2.22. The van der Waals surface area contributed by atoms with Gasteiger partial charge >= 0.3 is 0 Å². The number of rotatable bonds is 4. The Balaban J connectivity index is 2.14. The van der Waals surface area contributed by atoms with Crippen LogP contribution < -0.4 is 0 Å². The van der Waals surface area contributed by atoms with Crippen molar-refractivity contribution < 1.29 is 13.6 Å². The number of halogens is 2. The Bertz CT molecular complexity index is 578. The maximum Gasteiger partial charge on any atom is 0.167 e. The van der Waals surface area contributed by atoms with E-state index in [1.54, 1.807) is 17.1 Å². The first kappa shape index (κ1) is 12.4. The van der Waals surface area contributed by atoms with Gasteiger partial charge in [-0.25, -0.2) is 8.78 Å². The molecular weight excluding hydrogens is 238 g/mol. The number of Topliss-reactive ketones (excluding diaryl/α,β-unsaturated/α-hetero) is 1. The Labute approximate surface area is 103 Å². The Hall–Kier alpha value is -2.04. The van der Waals surface area contributed by atoms with Crippen molar-refractivity contribution in [3.8, 4) is 0 Å². The predicted octanol–water partition coefficient (Wildman–Crippen LogP) is 2.61. The quantitative estimate of drug-likeness (QED) is 0.782. The van der Waals surface area contributed by atoms with Crippen molar-refractivity contribution >= 4 is 5.78 Å². The van der Waals surface area contributed by atoms with Gasteiger partial charge in [0.2, 0.25) is 0 Å². The van der Waals surface area contributed by atoms with Gasteiger partial charge in [0.25, 0.3) is 0 Å². The second kappa shape index (κ2) is 5.08. The second-order valence-corrected chi connectivity index (χ2v) is 3.93. The Kier molecular flexibility index (Phi) is 3.50. The van der Waals surface area contributed by atoms with Crippen molar-refractivity contribution in [2.24, 2.45) is 0 Å². The second-order valence-electron chi connectivity index (χ2n) is 3.93.